The van der Waals surface area contributed by atoms with Crippen LogP contribution in [0.2, 0.25) is 0 Å². The molecule has 0 aliphatic heterocycles. The number of nitrogens with one attached hydrogen (secondary N) is 1. The number of hydrogen-bond donors (Lipinski definition) is 3. The summed E-state index contributed by atoms with van der Waals surface area (Å²) in [5, 5.41) is 13.1. The summed E-state index contributed by atoms with van der Waals surface area (Å²) in [5.41, 5.74) is 5.79. The lowest BCUT2D eigenvalue weighted by Crippen LogP contribution is -2.33. The number of methoxy groups -OCH3 is 1. The van der Waals surface area contributed by atoms with Gasteiger partial charge in [-0.05, 0) is 25.0 Å². The first kappa shape index (κ1) is 15.3. The minimum Gasteiger partial charge on any atom is -0.495 e. The zero-order valence-corrected chi connectivity index (χ0v) is 11.8. The number of rotatable bonds is 6. The molecule has 1 aromatic rings. The molecule has 0 heterocycles. The Morgan fingerprint density at radius 3 is 2.58 bits per heavy atom. The SMILES string of the molecule is CCC(O)(CC)CN=C(N)Nc1ccccc1OC. The minimum atomic E-state index is -0.785. The van der Waals surface area contributed by atoms with E-state index in [1.165, 1.54) is 0 Å². The zero-order chi connectivity index (χ0) is 14.3. The highest BCUT2D eigenvalue weighted by Gasteiger charge is 2.21. The van der Waals surface area contributed by atoms with Crippen molar-refractivity contribution in [2.75, 3.05) is 19.0 Å². The second kappa shape index (κ2) is 6.99. The van der Waals surface area contributed by atoms with E-state index in [1.807, 2.05) is 38.1 Å². The van der Waals surface area contributed by atoms with Crippen LogP contribution in [0.5, 0.6) is 5.75 Å². The van der Waals surface area contributed by atoms with Crippen LogP contribution in [0.25, 0.3) is 0 Å². The molecule has 0 bridgehead atoms. The third-order valence-corrected chi connectivity index (χ3v) is 3.23. The molecule has 0 radical (unpaired) electrons. The number of aliphatic imine (C=N–C) groups is 1. The number of nitrogens with zero attached hydrogens (tertiary/aromatic N) is 1. The van der Waals surface area contributed by atoms with Gasteiger partial charge in [-0.2, -0.15) is 0 Å². The average Bonchev–Trinajstić information content (AvgIpc) is 2.45. The van der Waals surface area contributed by atoms with Crippen molar-refractivity contribution in [2.24, 2.45) is 10.7 Å². The van der Waals surface area contributed by atoms with Crippen molar-refractivity contribution in [2.45, 2.75) is 32.3 Å². The molecule has 5 nitrogen and oxygen atoms in total. The van der Waals surface area contributed by atoms with Crippen LogP contribution in [-0.2, 0) is 0 Å². The Balaban J connectivity index is 2.71. The highest BCUT2D eigenvalue weighted by atomic mass is 16.5. The maximum atomic E-state index is 10.1. The fraction of sp³-hybridized carbons (Fsp3) is 0.500. The van der Waals surface area contributed by atoms with Crippen LogP contribution in [0, 0.1) is 0 Å². The molecule has 0 amide bonds. The predicted molar refractivity (Wildman–Crippen MR) is 78.6 cm³/mol. The number of anilines is 1. The molecule has 19 heavy (non-hydrogen) atoms. The summed E-state index contributed by atoms with van der Waals surface area (Å²) in [6.07, 6.45) is 1.30. The standard InChI is InChI=1S/C14H23N3O2/c1-4-14(18,5-2)10-16-13(15)17-11-8-6-7-9-12(11)19-3/h6-9,18H,4-5,10H2,1-3H3,(H3,15,16,17). The average molecular weight is 265 g/mol. The van der Waals surface area contributed by atoms with Crippen molar-refractivity contribution in [1.82, 2.24) is 0 Å². The fourth-order valence-corrected chi connectivity index (χ4v) is 1.63. The molecule has 0 fully saturated rings. The number of aliphatic hydroxyl groups is 1. The van der Waals surface area contributed by atoms with E-state index in [2.05, 4.69) is 10.3 Å². The third kappa shape index (κ3) is 4.44. The van der Waals surface area contributed by atoms with Gasteiger partial charge in [0.15, 0.2) is 5.96 Å². The molecule has 106 valence electrons. The van der Waals surface area contributed by atoms with Crippen molar-refractivity contribution >= 4 is 11.6 Å². The maximum Gasteiger partial charge on any atom is 0.193 e. The number of guanidine groups is 1. The Labute approximate surface area is 114 Å². The van der Waals surface area contributed by atoms with Crippen LogP contribution in [0.4, 0.5) is 5.69 Å². The van der Waals surface area contributed by atoms with E-state index < -0.39 is 5.60 Å². The lowest BCUT2D eigenvalue weighted by Gasteiger charge is -2.22. The van der Waals surface area contributed by atoms with Crippen LogP contribution in [0.3, 0.4) is 0 Å². The van der Waals surface area contributed by atoms with Crippen LogP contribution in [-0.4, -0.2) is 30.3 Å². The third-order valence-electron chi connectivity index (χ3n) is 3.23. The van der Waals surface area contributed by atoms with Gasteiger partial charge in [-0.1, -0.05) is 26.0 Å². The molecule has 0 aromatic heterocycles. The molecule has 0 spiro atoms. The summed E-state index contributed by atoms with van der Waals surface area (Å²) in [6.45, 7) is 4.15. The van der Waals surface area contributed by atoms with Crippen molar-refractivity contribution in [3.63, 3.8) is 0 Å². The van der Waals surface area contributed by atoms with Crippen LogP contribution < -0.4 is 15.8 Å². The molecule has 0 aliphatic carbocycles. The quantitative estimate of drug-likeness (QED) is 0.542. The lowest BCUT2D eigenvalue weighted by atomic mass is 9.98. The topological polar surface area (TPSA) is 79.9 Å². The van der Waals surface area contributed by atoms with E-state index in [0.29, 0.717) is 18.6 Å². The van der Waals surface area contributed by atoms with Gasteiger partial charge in [0.05, 0.1) is 24.9 Å². The predicted octanol–water partition coefficient (Wildman–Crippen LogP) is 1.97. The zero-order valence-electron chi connectivity index (χ0n) is 11.8. The molecule has 5 heteroatoms. The van der Waals surface area contributed by atoms with Crippen molar-refractivity contribution in [3.8, 4) is 5.75 Å². The van der Waals surface area contributed by atoms with Gasteiger partial charge in [-0.3, -0.25) is 4.99 Å². The first-order chi connectivity index (χ1) is 9.04. The van der Waals surface area contributed by atoms with Gasteiger partial charge in [-0.25, -0.2) is 0 Å². The number of ether oxygens (including phenoxy) is 1. The second-order valence-electron chi connectivity index (χ2n) is 4.46. The summed E-state index contributed by atoms with van der Waals surface area (Å²) < 4.78 is 5.21. The van der Waals surface area contributed by atoms with Gasteiger partial charge in [0.25, 0.3) is 0 Å². The highest BCUT2D eigenvalue weighted by molar-refractivity contribution is 5.93. The Morgan fingerprint density at radius 1 is 1.37 bits per heavy atom. The van der Waals surface area contributed by atoms with E-state index in [4.69, 9.17) is 10.5 Å². The van der Waals surface area contributed by atoms with Gasteiger partial charge in [0, 0.05) is 0 Å². The molecule has 0 atom stereocenters. The van der Waals surface area contributed by atoms with Crippen molar-refractivity contribution in [1.29, 1.82) is 0 Å². The fourth-order valence-electron chi connectivity index (χ4n) is 1.63. The molecule has 1 rings (SSSR count). The molecule has 4 N–H and O–H groups in total. The van der Waals surface area contributed by atoms with Crippen LogP contribution in [0.1, 0.15) is 26.7 Å². The summed E-state index contributed by atoms with van der Waals surface area (Å²) in [6, 6.07) is 7.45. The first-order valence-corrected chi connectivity index (χ1v) is 6.47. The largest absolute Gasteiger partial charge is 0.495 e. The molecule has 0 unspecified atom stereocenters. The van der Waals surface area contributed by atoms with Crippen molar-refractivity contribution in [3.05, 3.63) is 24.3 Å². The Hall–Kier alpha value is -1.75. The summed E-state index contributed by atoms with van der Waals surface area (Å²) in [7, 11) is 1.60. The van der Waals surface area contributed by atoms with Gasteiger partial charge < -0.3 is 20.9 Å². The number of benzene rings is 1. The summed E-state index contributed by atoms with van der Waals surface area (Å²) in [4.78, 5) is 4.19. The van der Waals surface area contributed by atoms with E-state index >= 15 is 0 Å². The molecule has 0 saturated heterocycles. The second-order valence-corrected chi connectivity index (χ2v) is 4.46. The van der Waals surface area contributed by atoms with Gasteiger partial charge in [0.1, 0.15) is 5.75 Å². The normalized spacial score (nSPS) is 12.3. The monoisotopic (exact) mass is 265 g/mol. The number of nitrogens with two attached hydrogens (primary N) is 1. The Morgan fingerprint density at radius 2 is 2.00 bits per heavy atom. The molecular weight excluding hydrogens is 242 g/mol. The lowest BCUT2D eigenvalue weighted by molar-refractivity contribution is 0.0419. The molecule has 0 aliphatic rings. The van der Waals surface area contributed by atoms with E-state index in [1.54, 1.807) is 7.11 Å². The van der Waals surface area contributed by atoms with Gasteiger partial charge >= 0.3 is 0 Å². The minimum absolute atomic E-state index is 0.268. The Bertz CT molecular complexity index is 428. The van der Waals surface area contributed by atoms with Gasteiger partial charge in [0.2, 0.25) is 0 Å². The number of para-hydroxylation sites is 2. The summed E-state index contributed by atoms with van der Waals surface area (Å²) in [5.74, 6) is 0.965. The maximum absolute atomic E-state index is 10.1. The highest BCUT2D eigenvalue weighted by Crippen LogP contribution is 2.22. The molecular formula is C14H23N3O2. The van der Waals surface area contributed by atoms with Crippen LogP contribution in [0.15, 0.2) is 29.3 Å². The smallest absolute Gasteiger partial charge is 0.193 e. The van der Waals surface area contributed by atoms with Crippen molar-refractivity contribution < 1.29 is 9.84 Å². The van der Waals surface area contributed by atoms with Crippen LogP contribution >= 0.6 is 0 Å². The van der Waals surface area contributed by atoms with Gasteiger partial charge in [-0.15, -0.1) is 0 Å². The Kier molecular flexibility index (Phi) is 5.63. The molecule has 1 aromatic carbocycles. The van der Waals surface area contributed by atoms with E-state index in [-0.39, 0.29) is 12.5 Å². The van der Waals surface area contributed by atoms with E-state index in [0.717, 1.165) is 5.69 Å². The summed E-state index contributed by atoms with van der Waals surface area (Å²) >= 11 is 0. The first-order valence-electron chi connectivity index (χ1n) is 6.47. The van der Waals surface area contributed by atoms with E-state index in [9.17, 15) is 5.11 Å². The molecule has 0 saturated carbocycles. The number of hydrogen-bond acceptors (Lipinski definition) is 3.